The van der Waals surface area contributed by atoms with Gasteiger partial charge in [-0.1, -0.05) is 6.07 Å². The number of hydrogen-bond donors (Lipinski definition) is 2. The molecular weight excluding hydrogens is 180 g/mol. The van der Waals surface area contributed by atoms with Crippen LogP contribution in [0.1, 0.15) is 23.0 Å². The van der Waals surface area contributed by atoms with Gasteiger partial charge in [0.1, 0.15) is 5.69 Å². The number of carbonyl (C=O) groups is 1. The van der Waals surface area contributed by atoms with Gasteiger partial charge in [0.05, 0.1) is 6.61 Å². The summed E-state index contributed by atoms with van der Waals surface area (Å²) in [4.78, 5) is 15.5. The Morgan fingerprint density at radius 2 is 2.43 bits per heavy atom. The molecule has 0 fully saturated rings. The van der Waals surface area contributed by atoms with Crippen molar-refractivity contribution in [3.8, 4) is 0 Å². The Balaban J connectivity index is 2.75. The van der Waals surface area contributed by atoms with Crippen molar-refractivity contribution in [1.82, 2.24) is 10.3 Å². The van der Waals surface area contributed by atoms with E-state index in [-0.39, 0.29) is 18.6 Å². The zero-order valence-corrected chi connectivity index (χ0v) is 8.32. The predicted octanol–water partition coefficient (Wildman–Crippen LogP) is 0.501. The minimum absolute atomic E-state index is 0.0718. The summed E-state index contributed by atoms with van der Waals surface area (Å²) in [5.41, 5.74) is 1.24. The Hall–Kier alpha value is -1.42. The molecule has 0 aromatic carbocycles. The number of carbonyl (C=O) groups excluding carboxylic acids is 1. The van der Waals surface area contributed by atoms with Crippen LogP contribution in [0.3, 0.4) is 0 Å². The monoisotopic (exact) mass is 194 g/mol. The van der Waals surface area contributed by atoms with Gasteiger partial charge in [0.2, 0.25) is 0 Å². The fourth-order valence-electron chi connectivity index (χ4n) is 1.06. The van der Waals surface area contributed by atoms with Crippen LogP contribution < -0.4 is 5.32 Å². The average molecular weight is 194 g/mol. The molecule has 0 bridgehead atoms. The molecule has 1 atom stereocenters. The first-order chi connectivity index (χ1) is 6.65. The van der Waals surface area contributed by atoms with E-state index < -0.39 is 0 Å². The molecule has 1 aromatic heterocycles. The van der Waals surface area contributed by atoms with E-state index in [0.717, 1.165) is 5.56 Å². The Morgan fingerprint density at radius 1 is 1.71 bits per heavy atom. The van der Waals surface area contributed by atoms with Crippen LogP contribution in [0.4, 0.5) is 0 Å². The van der Waals surface area contributed by atoms with Gasteiger partial charge in [0.25, 0.3) is 5.91 Å². The predicted molar refractivity (Wildman–Crippen MR) is 53.0 cm³/mol. The summed E-state index contributed by atoms with van der Waals surface area (Å²) < 4.78 is 0. The summed E-state index contributed by atoms with van der Waals surface area (Å²) in [5, 5.41) is 11.4. The van der Waals surface area contributed by atoms with E-state index in [1.54, 1.807) is 19.2 Å². The van der Waals surface area contributed by atoms with Gasteiger partial charge in [-0.15, -0.1) is 0 Å². The van der Waals surface area contributed by atoms with Gasteiger partial charge in [-0.25, -0.2) is 0 Å². The number of amides is 1. The Labute approximate surface area is 83.0 Å². The largest absolute Gasteiger partial charge is 0.394 e. The molecule has 0 saturated carbocycles. The number of aromatic nitrogens is 1. The summed E-state index contributed by atoms with van der Waals surface area (Å²) in [7, 11) is 0. The molecule has 1 unspecified atom stereocenters. The molecule has 76 valence electrons. The van der Waals surface area contributed by atoms with E-state index in [1.807, 2.05) is 13.0 Å². The summed E-state index contributed by atoms with van der Waals surface area (Å²) in [5.74, 6) is -0.246. The van der Waals surface area contributed by atoms with E-state index in [4.69, 9.17) is 5.11 Å². The van der Waals surface area contributed by atoms with Crippen molar-refractivity contribution in [3.63, 3.8) is 0 Å². The maximum atomic E-state index is 11.6. The van der Waals surface area contributed by atoms with Crippen molar-refractivity contribution in [2.24, 2.45) is 0 Å². The lowest BCUT2D eigenvalue weighted by Crippen LogP contribution is -2.35. The third-order valence-electron chi connectivity index (χ3n) is 1.88. The third kappa shape index (κ3) is 2.53. The first-order valence-corrected chi connectivity index (χ1v) is 4.48. The van der Waals surface area contributed by atoms with Crippen molar-refractivity contribution < 1.29 is 9.90 Å². The summed E-state index contributed by atoms with van der Waals surface area (Å²) in [6.45, 7) is 3.49. The van der Waals surface area contributed by atoms with Gasteiger partial charge in [0, 0.05) is 12.2 Å². The zero-order chi connectivity index (χ0) is 10.6. The van der Waals surface area contributed by atoms with Crippen LogP contribution in [0.25, 0.3) is 0 Å². The average Bonchev–Trinajstić information content (AvgIpc) is 2.18. The zero-order valence-electron chi connectivity index (χ0n) is 8.32. The molecule has 14 heavy (non-hydrogen) atoms. The number of aliphatic hydroxyl groups excluding tert-OH is 1. The summed E-state index contributed by atoms with van der Waals surface area (Å²) >= 11 is 0. The number of aliphatic hydroxyl groups is 1. The van der Waals surface area contributed by atoms with Crippen molar-refractivity contribution in [1.29, 1.82) is 0 Å². The van der Waals surface area contributed by atoms with E-state index >= 15 is 0 Å². The molecule has 1 heterocycles. The first-order valence-electron chi connectivity index (χ1n) is 4.48. The molecule has 4 nitrogen and oxygen atoms in total. The lowest BCUT2D eigenvalue weighted by atomic mass is 10.2. The van der Waals surface area contributed by atoms with Crippen molar-refractivity contribution in [2.75, 3.05) is 6.61 Å². The number of nitrogens with zero attached hydrogens (tertiary/aromatic N) is 1. The van der Waals surface area contributed by atoms with Crippen LogP contribution in [0.5, 0.6) is 0 Å². The number of rotatable bonds is 3. The number of hydrogen-bond acceptors (Lipinski definition) is 3. The molecule has 0 aliphatic heterocycles. The van der Waals surface area contributed by atoms with Crippen molar-refractivity contribution >= 4 is 5.91 Å². The number of nitrogens with one attached hydrogen (secondary N) is 1. The normalized spacial score (nSPS) is 12.2. The van der Waals surface area contributed by atoms with Gasteiger partial charge in [-0.3, -0.25) is 9.78 Å². The lowest BCUT2D eigenvalue weighted by Gasteiger charge is -2.10. The molecular formula is C10H14N2O2. The fraction of sp³-hybridized carbons (Fsp3) is 0.400. The maximum absolute atomic E-state index is 11.6. The minimum atomic E-state index is -0.246. The van der Waals surface area contributed by atoms with E-state index in [9.17, 15) is 4.79 Å². The fourth-order valence-corrected chi connectivity index (χ4v) is 1.06. The van der Waals surface area contributed by atoms with Crippen LogP contribution in [0.2, 0.25) is 0 Å². The van der Waals surface area contributed by atoms with Gasteiger partial charge in [-0.05, 0) is 25.5 Å². The highest BCUT2D eigenvalue weighted by Crippen LogP contribution is 2.02. The SMILES string of the molecule is Cc1cccnc1C(=O)NC(C)CO. The van der Waals surface area contributed by atoms with Gasteiger partial charge in [0.15, 0.2) is 0 Å². The molecule has 1 amide bonds. The van der Waals surface area contributed by atoms with Crippen LogP contribution in [0.15, 0.2) is 18.3 Å². The van der Waals surface area contributed by atoms with Gasteiger partial charge >= 0.3 is 0 Å². The van der Waals surface area contributed by atoms with E-state index in [2.05, 4.69) is 10.3 Å². The van der Waals surface area contributed by atoms with Crippen LogP contribution >= 0.6 is 0 Å². The van der Waals surface area contributed by atoms with Gasteiger partial charge < -0.3 is 10.4 Å². The quantitative estimate of drug-likeness (QED) is 0.736. The second-order valence-electron chi connectivity index (χ2n) is 3.23. The smallest absolute Gasteiger partial charge is 0.270 e. The number of pyridine rings is 1. The third-order valence-corrected chi connectivity index (χ3v) is 1.88. The Morgan fingerprint density at radius 3 is 3.00 bits per heavy atom. The topological polar surface area (TPSA) is 62.2 Å². The highest BCUT2D eigenvalue weighted by Gasteiger charge is 2.11. The maximum Gasteiger partial charge on any atom is 0.270 e. The molecule has 0 radical (unpaired) electrons. The van der Waals surface area contributed by atoms with Crippen LogP contribution in [0, 0.1) is 6.92 Å². The highest BCUT2D eigenvalue weighted by molar-refractivity contribution is 5.93. The van der Waals surface area contributed by atoms with E-state index in [0.29, 0.717) is 5.69 Å². The molecule has 0 saturated heterocycles. The Kier molecular flexibility index (Phi) is 3.59. The molecule has 4 heteroatoms. The highest BCUT2D eigenvalue weighted by atomic mass is 16.3. The Bertz CT molecular complexity index is 326. The molecule has 1 rings (SSSR count). The number of aryl methyl sites for hydroxylation is 1. The molecule has 2 N–H and O–H groups in total. The minimum Gasteiger partial charge on any atom is -0.394 e. The van der Waals surface area contributed by atoms with Gasteiger partial charge in [-0.2, -0.15) is 0 Å². The van der Waals surface area contributed by atoms with Crippen LogP contribution in [-0.2, 0) is 0 Å². The second kappa shape index (κ2) is 4.72. The first kappa shape index (κ1) is 10.7. The molecule has 0 aliphatic rings. The summed E-state index contributed by atoms with van der Waals surface area (Å²) in [6, 6.07) is 3.36. The molecule has 0 spiro atoms. The second-order valence-corrected chi connectivity index (χ2v) is 3.23. The molecule has 0 aliphatic carbocycles. The molecule has 1 aromatic rings. The van der Waals surface area contributed by atoms with Crippen molar-refractivity contribution in [2.45, 2.75) is 19.9 Å². The summed E-state index contributed by atoms with van der Waals surface area (Å²) in [6.07, 6.45) is 1.57. The van der Waals surface area contributed by atoms with E-state index in [1.165, 1.54) is 0 Å². The standard InChI is InChI=1S/C10H14N2O2/c1-7-4-3-5-11-9(7)10(14)12-8(2)6-13/h3-5,8,13H,6H2,1-2H3,(H,12,14). The van der Waals surface area contributed by atoms with Crippen LogP contribution in [-0.4, -0.2) is 28.6 Å². The lowest BCUT2D eigenvalue weighted by molar-refractivity contribution is 0.0916. The van der Waals surface area contributed by atoms with Crippen molar-refractivity contribution in [3.05, 3.63) is 29.6 Å².